The molecular formula is C15H23N. The smallest absolute Gasteiger partial charge is 0.00461 e. The highest BCUT2D eigenvalue weighted by atomic mass is 14.6. The van der Waals surface area contributed by atoms with Gasteiger partial charge in [-0.2, -0.15) is 0 Å². The molecule has 1 fully saturated rings. The number of hydrogen-bond acceptors (Lipinski definition) is 1. The summed E-state index contributed by atoms with van der Waals surface area (Å²) < 4.78 is 0. The number of nitrogens with two attached hydrogens (primary N) is 1. The van der Waals surface area contributed by atoms with Crippen molar-refractivity contribution in [2.24, 2.45) is 17.6 Å². The number of benzene rings is 1. The average Bonchev–Trinajstić information content (AvgIpc) is 2.33. The molecule has 0 aromatic heterocycles. The van der Waals surface area contributed by atoms with Crippen LogP contribution in [0.3, 0.4) is 0 Å². The molecule has 0 radical (unpaired) electrons. The summed E-state index contributed by atoms with van der Waals surface area (Å²) in [4.78, 5) is 0. The minimum absolute atomic E-state index is 0.758. The third-order valence-corrected chi connectivity index (χ3v) is 4.11. The molecule has 2 N–H and O–H groups in total. The zero-order valence-corrected chi connectivity index (χ0v) is 10.3. The van der Waals surface area contributed by atoms with Gasteiger partial charge in [0.15, 0.2) is 0 Å². The van der Waals surface area contributed by atoms with Crippen LogP contribution < -0.4 is 5.73 Å². The Morgan fingerprint density at radius 3 is 2.50 bits per heavy atom. The van der Waals surface area contributed by atoms with Crippen LogP contribution in [0.25, 0.3) is 0 Å². The van der Waals surface area contributed by atoms with E-state index in [9.17, 15) is 0 Å². The Hall–Kier alpha value is -0.820. The van der Waals surface area contributed by atoms with Gasteiger partial charge in [0.1, 0.15) is 0 Å². The molecule has 1 saturated carbocycles. The van der Waals surface area contributed by atoms with Crippen LogP contribution >= 0.6 is 0 Å². The Morgan fingerprint density at radius 1 is 1.12 bits per heavy atom. The predicted molar refractivity (Wildman–Crippen MR) is 69.4 cm³/mol. The molecule has 1 aliphatic carbocycles. The maximum absolute atomic E-state index is 5.89. The molecule has 0 heterocycles. The summed E-state index contributed by atoms with van der Waals surface area (Å²) in [6, 6.07) is 8.77. The maximum Gasteiger partial charge on any atom is -0.00461 e. The first-order valence-corrected chi connectivity index (χ1v) is 6.56. The summed E-state index contributed by atoms with van der Waals surface area (Å²) in [5, 5.41) is 0. The van der Waals surface area contributed by atoms with Crippen molar-refractivity contribution in [2.75, 3.05) is 6.54 Å². The molecule has 1 nitrogen and oxygen atoms in total. The summed E-state index contributed by atoms with van der Waals surface area (Å²) in [5.74, 6) is 1.58. The first-order chi connectivity index (χ1) is 7.81. The average molecular weight is 217 g/mol. The first-order valence-electron chi connectivity index (χ1n) is 6.56. The molecule has 0 spiro atoms. The van der Waals surface area contributed by atoms with Gasteiger partial charge in [-0.1, -0.05) is 37.1 Å². The standard InChI is InChI=1S/C15H23N/c1-12-6-2-3-7-13(12)10-14-8-4-5-9-15(14)11-16/h2-3,6-7,14-15H,4-5,8-11,16H2,1H3. The summed E-state index contributed by atoms with van der Waals surface area (Å²) in [5.41, 5.74) is 8.84. The molecular weight excluding hydrogens is 194 g/mol. The molecule has 0 aliphatic heterocycles. The van der Waals surface area contributed by atoms with Gasteiger partial charge >= 0.3 is 0 Å². The summed E-state index contributed by atoms with van der Waals surface area (Å²) in [6.45, 7) is 3.09. The Kier molecular flexibility index (Phi) is 4.00. The van der Waals surface area contributed by atoms with Gasteiger partial charge in [-0.15, -0.1) is 0 Å². The van der Waals surface area contributed by atoms with Crippen LogP contribution in [-0.4, -0.2) is 6.54 Å². The molecule has 1 aromatic carbocycles. The molecule has 1 heteroatoms. The highest BCUT2D eigenvalue weighted by Crippen LogP contribution is 2.32. The Bertz CT molecular complexity index is 332. The SMILES string of the molecule is Cc1ccccc1CC1CCCCC1CN. The van der Waals surface area contributed by atoms with E-state index in [0.29, 0.717) is 0 Å². The van der Waals surface area contributed by atoms with Crippen molar-refractivity contribution >= 4 is 0 Å². The lowest BCUT2D eigenvalue weighted by Crippen LogP contribution is -2.28. The van der Waals surface area contributed by atoms with E-state index in [-0.39, 0.29) is 0 Å². The van der Waals surface area contributed by atoms with Crippen LogP contribution in [0, 0.1) is 18.8 Å². The molecule has 0 bridgehead atoms. The van der Waals surface area contributed by atoms with Gasteiger partial charge < -0.3 is 5.73 Å². The van der Waals surface area contributed by atoms with E-state index in [2.05, 4.69) is 31.2 Å². The minimum Gasteiger partial charge on any atom is -0.330 e. The van der Waals surface area contributed by atoms with Gasteiger partial charge in [0.25, 0.3) is 0 Å². The molecule has 2 unspecified atom stereocenters. The lowest BCUT2D eigenvalue weighted by Gasteiger charge is -2.31. The molecule has 2 rings (SSSR count). The van der Waals surface area contributed by atoms with Crippen LogP contribution in [0.1, 0.15) is 36.8 Å². The second kappa shape index (κ2) is 5.49. The quantitative estimate of drug-likeness (QED) is 0.826. The summed E-state index contributed by atoms with van der Waals surface area (Å²) in [7, 11) is 0. The van der Waals surface area contributed by atoms with Crippen LogP contribution in [0.15, 0.2) is 24.3 Å². The van der Waals surface area contributed by atoms with E-state index in [0.717, 1.165) is 18.4 Å². The topological polar surface area (TPSA) is 26.0 Å². The number of hydrogen-bond donors (Lipinski definition) is 1. The first kappa shape index (κ1) is 11.7. The van der Waals surface area contributed by atoms with E-state index in [1.165, 1.54) is 43.2 Å². The van der Waals surface area contributed by atoms with Gasteiger partial charge in [0.05, 0.1) is 0 Å². The molecule has 1 aliphatic rings. The van der Waals surface area contributed by atoms with E-state index in [4.69, 9.17) is 5.73 Å². The van der Waals surface area contributed by atoms with Crippen LogP contribution in [0.2, 0.25) is 0 Å². The molecule has 1 aromatic rings. The highest BCUT2D eigenvalue weighted by Gasteiger charge is 2.24. The predicted octanol–water partition coefficient (Wildman–Crippen LogP) is 3.30. The van der Waals surface area contributed by atoms with Crippen LogP contribution in [0.4, 0.5) is 0 Å². The maximum atomic E-state index is 5.89. The lowest BCUT2D eigenvalue weighted by molar-refractivity contribution is 0.242. The Morgan fingerprint density at radius 2 is 1.81 bits per heavy atom. The van der Waals surface area contributed by atoms with Crippen molar-refractivity contribution in [3.63, 3.8) is 0 Å². The lowest BCUT2D eigenvalue weighted by atomic mass is 9.76. The van der Waals surface area contributed by atoms with E-state index in [1.54, 1.807) is 0 Å². The molecule has 0 amide bonds. The van der Waals surface area contributed by atoms with Gasteiger partial charge in [-0.25, -0.2) is 0 Å². The Labute approximate surface area is 99.0 Å². The second-order valence-corrected chi connectivity index (χ2v) is 5.17. The van der Waals surface area contributed by atoms with Crippen LogP contribution in [0.5, 0.6) is 0 Å². The van der Waals surface area contributed by atoms with Crippen molar-refractivity contribution in [3.05, 3.63) is 35.4 Å². The largest absolute Gasteiger partial charge is 0.330 e. The van der Waals surface area contributed by atoms with E-state index >= 15 is 0 Å². The number of rotatable bonds is 3. The number of aryl methyl sites for hydroxylation is 1. The van der Waals surface area contributed by atoms with Gasteiger partial charge in [0.2, 0.25) is 0 Å². The minimum atomic E-state index is 0.758. The monoisotopic (exact) mass is 217 g/mol. The van der Waals surface area contributed by atoms with Crippen molar-refractivity contribution in [1.29, 1.82) is 0 Å². The fourth-order valence-electron chi connectivity index (χ4n) is 2.99. The third kappa shape index (κ3) is 2.65. The van der Waals surface area contributed by atoms with Crippen molar-refractivity contribution in [1.82, 2.24) is 0 Å². The van der Waals surface area contributed by atoms with Gasteiger partial charge in [-0.05, 0) is 55.7 Å². The summed E-state index contributed by atoms with van der Waals surface area (Å²) >= 11 is 0. The Balaban J connectivity index is 2.05. The molecule has 16 heavy (non-hydrogen) atoms. The highest BCUT2D eigenvalue weighted by molar-refractivity contribution is 5.26. The zero-order valence-electron chi connectivity index (χ0n) is 10.3. The van der Waals surface area contributed by atoms with E-state index in [1.807, 2.05) is 0 Å². The fraction of sp³-hybridized carbons (Fsp3) is 0.600. The summed E-state index contributed by atoms with van der Waals surface area (Å²) in [6.07, 6.45) is 6.72. The van der Waals surface area contributed by atoms with Crippen molar-refractivity contribution in [2.45, 2.75) is 39.0 Å². The fourth-order valence-corrected chi connectivity index (χ4v) is 2.99. The molecule has 88 valence electrons. The second-order valence-electron chi connectivity index (χ2n) is 5.17. The van der Waals surface area contributed by atoms with Crippen molar-refractivity contribution in [3.8, 4) is 0 Å². The van der Waals surface area contributed by atoms with Gasteiger partial charge in [0, 0.05) is 0 Å². The van der Waals surface area contributed by atoms with E-state index < -0.39 is 0 Å². The third-order valence-electron chi connectivity index (χ3n) is 4.11. The van der Waals surface area contributed by atoms with Gasteiger partial charge in [-0.3, -0.25) is 0 Å². The van der Waals surface area contributed by atoms with Crippen LogP contribution in [-0.2, 0) is 6.42 Å². The molecule has 0 saturated heterocycles. The molecule has 2 atom stereocenters. The van der Waals surface area contributed by atoms with Crippen molar-refractivity contribution < 1.29 is 0 Å². The normalized spacial score (nSPS) is 25.6. The zero-order chi connectivity index (χ0) is 11.4.